The SMILES string of the molecule is [CH2]C(O)CN(C)C(=O)O. The Morgan fingerprint density at radius 1 is 1.89 bits per heavy atom. The first-order valence-corrected chi connectivity index (χ1v) is 2.49. The van der Waals surface area contributed by atoms with Gasteiger partial charge in [0.15, 0.2) is 0 Å². The molecule has 0 rings (SSSR count). The zero-order valence-corrected chi connectivity index (χ0v) is 5.24. The van der Waals surface area contributed by atoms with Gasteiger partial charge in [0, 0.05) is 13.6 Å². The van der Waals surface area contributed by atoms with Gasteiger partial charge in [-0.2, -0.15) is 0 Å². The van der Waals surface area contributed by atoms with Crippen molar-refractivity contribution in [1.29, 1.82) is 0 Å². The van der Waals surface area contributed by atoms with Crippen LogP contribution in [0.5, 0.6) is 0 Å². The van der Waals surface area contributed by atoms with Crippen molar-refractivity contribution in [2.75, 3.05) is 13.6 Å². The molecule has 4 nitrogen and oxygen atoms in total. The summed E-state index contributed by atoms with van der Waals surface area (Å²) in [6.07, 6.45) is -1.90. The first-order chi connectivity index (χ1) is 4.04. The predicted molar refractivity (Wildman–Crippen MR) is 32.0 cm³/mol. The molecule has 0 bridgehead atoms. The van der Waals surface area contributed by atoms with Crippen LogP contribution in [-0.2, 0) is 0 Å². The van der Waals surface area contributed by atoms with Crippen LogP contribution in [0.1, 0.15) is 0 Å². The van der Waals surface area contributed by atoms with Crippen LogP contribution < -0.4 is 0 Å². The van der Waals surface area contributed by atoms with Crippen molar-refractivity contribution in [2.24, 2.45) is 0 Å². The van der Waals surface area contributed by atoms with Crippen LogP contribution in [0.25, 0.3) is 0 Å². The Bertz CT molecular complexity index is 102. The largest absolute Gasteiger partial charge is 0.465 e. The molecule has 0 aromatic carbocycles. The second-order valence-corrected chi connectivity index (χ2v) is 1.82. The van der Waals surface area contributed by atoms with Gasteiger partial charge in [0.25, 0.3) is 0 Å². The second kappa shape index (κ2) is 3.29. The van der Waals surface area contributed by atoms with Crippen LogP contribution in [0.15, 0.2) is 0 Å². The molecule has 1 atom stereocenters. The minimum absolute atomic E-state index is 0.0509. The number of hydrogen-bond acceptors (Lipinski definition) is 2. The highest BCUT2D eigenvalue weighted by Crippen LogP contribution is 1.86. The molecule has 0 saturated carbocycles. The Kier molecular flexibility index (Phi) is 3.01. The topological polar surface area (TPSA) is 60.8 Å². The molecule has 0 aliphatic carbocycles. The van der Waals surface area contributed by atoms with E-state index in [1.807, 2.05) is 0 Å². The smallest absolute Gasteiger partial charge is 0.407 e. The Hall–Kier alpha value is -0.770. The van der Waals surface area contributed by atoms with Gasteiger partial charge in [-0.15, -0.1) is 0 Å². The van der Waals surface area contributed by atoms with Crippen molar-refractivity contribution in [3.05, 3.63) is 6.92 Å². The highest BCUT2D eigenvalue weighted by molar-refractivity contribution is 5.64. The maximum Gasteiger partial charge on any atom is 0.407 e. The highest BCUT2D eigenvalue weighted by Gasteiger charge is 2.06. The summed E-state index contributed by atoms with van der Waals surface area (Å²) in [7, 11) is 1.37. The van der Waals surface area contributed by atoms with E-state index in [-0.39, 0.29) is 6.54 Å². The summed E-state index contributed by atoms with van der Waals surface area (Å²) < 4.78 is 0. The van der Waals surface area contributed by atoms with E-state index in [0.29, 0.717) is 0 Å². The van der Waals surface area contributed by atoms with Crippen LogP contribution in [0.2, 0.25) is 0 Å². The summed E-state index contributed by atoms with van der Waals surface area (Å²) in [5, 5.41) is 16.8. The van der Waals surface area contributed by atoms with E-state index >= 15 is 0 Å². The van der Waals surface area contributed by atoms with Crippen molar-refractivity contribution in [1.82, 2.24) is 4.90 Å². The van der Waals surface area contributed by atoms with Crippen molar-refractivity contribution in [2.45, 2.75) is 6.10 Å². The second-order valence-electron chi connectivity index (χ2n) is 1.82. The standard InChI is InChI=1S/C5H10NO3/c1-4(7)3-6(2)5(8)9/h4,7H,1,3H2,2H3,(H,8,9). The Morgan fingerprint density at radius 2 is 2.33 bits per heavy atom. The van der Waals surface area contributed by atoms with Crippen LogP contribution >= 0.6 is 0 Å². The molecule has 0 aromatic heterocycles. The lowest BCUT2D eigenvalue weighted by atomic mass is 10.4. The van der Waals surface area contributed by atoms with Gasteiger partial charge < -0.3 is 15.1 Å². The van der Waals surface area contributed by atoms with E-state index in [1.165, 1.54) is 7.05 Å². The van der Waals surface area contributed by atoms with E-state index in [0.717, 1.165) is 4.90 Å². The summed E-state index contributed by atoms with van der Waals surface area (Å²) in [5.41, 5.74) is 0. The fourth-order valence-corrected chi connectivity index (χ4v) is 0.394. The van der Waals surface area contributed by atoms with Crippen LogP contribution in [-0.4, -0.2) is 40.9 Å². The number of carbonyl (C=O) groups is 1. The molecular weight excluding hydrogens is 122 g/mol. The van der Waals surface area contributed by atoms with Crippen molar-refractivity contribution in [3.63, 3.8) is 0 Å². The average molecular weight is 132 g/mol. The minimum Gasteiger partial charge on any atom is -0.465 e. The van der Waals surface area contributed by atoms with Crippen molar-refractivity contribution < 1.29 is 15.0 Å². The molecule has 9 heavy (non-hydrogen) atoms. The highest BCUT2D eigenvalue weighted by atomic mass is 16.4. The molecule has 53 valence electrons. The molecule has 4 heteroatoms. The van der Waals surface area contributed by atoms with E-state index in [4.69, 9.17) is 10.2 Å². The van der Waals surface area contributed by atoms with Gasteiger partial charge in [-0.25, -0.2) is 4.79 Å². The third-order valence-corrected chi connectivity index (χ3v) is 0.811. The molecule has 0 heterocycles. The van der Waals surface area contributed by atoms with E-state index < -0.39 is 12.2 Å². The van der Waals surface area contributed by atoms with Crippen molar-refractivity contribution in [3.8, 4) is 0 Å². The molecule has 2 N–H and O–H groups in total. The first-order valence-electron chi connectivity index (χ1n) is 2.49. The Labute approximate surface area is 53.7 Å². The summed E-state index contributed by atoms with van der Waals surface area (Å²) in [4.78, 5) is 11.0. The van der Waals surface area contributed by atoms with Crippen LogP contribution in [0, 0.1) is 6.92 Å². The molecule has 1 amide bonds. The first kappa shape index (κ1) is 8.23. The van der Waals surface area contributed by atoms with Crippen LogP contribution in [0.3, 0.4) is 0 Å². The molecule has 0 saturated heterocycles. The number of aliphatic hydroxyl groups is 1. The van der Waals surface area contributed by atoms with Gasteiger partial charge in [0.05, 0.1) is 6.10 Å². The fourth-order valence-electron chi connectivity index (χ4n) is 0.394. The van der Waals surface area contributed by atoms with Gasteiger partial charge in [-0.1, -0.05) is 0 Å². The van der Waals surface area contributed by atoms with E-state index in [9.17, 15) is 4.79 Å². The fraction of sp³-hybridized carbons (Fsp3) is 0.600. The maximum absolute atomic E-state index is 10.0. The Morgan fingerprint density at radius 3 is 2.44 bits per heavy atom. The zero-order valence-electron chi connectivity index (χ0n) is 5.24. The molecule has 0 spiro atoms. The molecule has 0 aliphatic rings. The summed E-state index contributed by atoms with van der Waals surface area (Å²) in [6, 6.07) is 0. The molecule has 0 aromatic rings. The molecule has 0 aliphatic heterocycles. The van der Waals surface area contributed by atoms with Gasteiger partial charge in [-0.3, -0.25) is 0 Å². The lowest BCUT2D eigenvalue weighted by molar-refractivity contribution is 0.126. The van der Waals surface area contributed by atoms with Gasteiger partial charge in [0.1, 0.15) is 0 Å². The number of likely N-dealkylation sites (N-methyl/N-ethyl adjacent to an activating group) is 1. The summed E-state index contributed by atoms with van der Waals surface area (Å²) in [5.74, 6) is 0. The summed E-state index contributed by atoms with van der Waals surface area (Å²) in [6.45, 7) is 3.26. The van der Waals surface area contributed by atoms with Gasteiger partial charge >= 0.3 is 6.09 Å². The molecule has 1 unspecified atom stereocenters. The van der Waals surface area contributed by atoms with Gasteiger partial charge in [-0.05, 0) is 6.92 Å². The van der Waals surface area contributed by atoms with E-state index in [2.05, 4.69) is 6.92 Å². The van der Waals surface area contributed by atoms with E-state index in [1.54, 1.807) is 0 Å². The third-order valence-electron chi connectivity index (χ3n) is 0.811. The lowest BCUT2D eigenvalue weighted by Crippen LogP contribution is -2.31. The zero-order chi connectivity index (χ0) is 7.44. The van der Waals surface area contributed by atoms with Crippen LogP contribution in [0.4, 0.5) is 4.79 Å². The Balaban J connectivity index is 3.50. The number of hydrogen-bond donors (Lipinski definition) is 2. The third kappa shape index (κ3) is 3.78. The average Bonchev–Trinajstić information content (AvgIpc) is 1.63. The maximum atomic E-state index is 10.0. The van der Waals surface area contributed by atoms with Gasteiger partial charge in [0.2, 0.25) is 0 Å². The predicted octanol–water partition coefficient (Wildman–Crippen LogP) is -0.209. The monoisotopic (exact) mass is 132 g/mol. The minimum atomic E-state index is -1.06. The molecular formula is C5H10NO3. The quantitative estimate of drug-likeness (QED) is 0.546. The summed E-state index contributed by atoms with van der Waals surface area (Å²) >= 11 is 0. The van der Waals surface area contributed by atoms with Crippen molar-refractivity contribution >= 4 is 6.09 Å². The molecule has 0 fully saturated rings. The number of carboxylic acid groups (broad SMARTS) is 1. The lowest BCUT2D eigenvalue weighted by Gasteiger charge is -2.13. The number of amides is 1. The number of rotatable bonds is 2. The number of nitrogens with zero attached hydrogens (tertiary/aromatic N) is 1. The number of aliphatic hydroxyl groups excluding tert-OH is 1. The molecule has 1 radical (unpaired) electrons. The normalized spacial score (nSPS) is 12.8.